The number of fused-ring (bicyclic) bond motifs is 1. The quantitative estimate of drug-likeness (QED) is 0.522. The van der Waals surface area contributed by atoms with E-state index >= 15 is 0 Å². The molecule has 1 saturated carbocycles. The van der Waals surface area contributed by atoms with Crippen LogP contribution >= 0.6 is 0 Å². The molecule has 0 heterocycles. The lowest BCUT2D eigenvalue weighted by molar-refractivity contribution is 0.0888. The van der Waals surface area contributed by atoms with Crippen molar-refractivity contribution in [3.63, 3.8) is 0 Å². The lowest BCUT2D eigenvalue weighted by atomic mass is 9.82. The topological polar surface area (TPSA) is 17.1 Å². The number of hydrogen-bond acceptors (Lipinski definition) is 1. The first-order valence-electron chi connectivity index (χ1n) is 9.41. The molecule has 0 N–H and O–H groups in total. The Morgan fingerprint density at radius 1 is 0.800 bits per heavy atom. The highest BCUT2D eigenvalue weighted by molar-refractivity contribution is 5.99. The van der Waals surface area contributed by atoms with Crippen molar-refractivity contribution in [2.45, 2.75) is 38.5 Å². The largest absolute Gasteiger partial charge is 0.294 e. The third-order valence-electron chi connectivity index (χ3n) is 5.47. The van der Waals surface area contributed by atoms with Crippen LogP contribution in [0, 0.1) is 5.92 Å². The van der Waals surface area contributed by atoms with E-state index in [1.54, 1.807) is 0 Å². The predicted molar refractivity (Wildman–Crippen MR) is 104 cm³/mol. The van der Waals surface area contributed by atoms with Gasteiger partial charge in [-0.1, -0.05) is 86.0 Å². The molecule has 1 heteroatoms. The molecule has 3 aromatic rings. The minimum atomic E-state index is 0.228. The second kappa shape index (κ2) is 7.23. The van der Waals surface area contributed by atoms with E-state index in [1.165, 1.54) is 35.6 Å². The molecule has 4 rings (SSSR count). The Bertz CT molecular complexity index is 887. The molecule has 1 fully saturated rings. The number of ketones is 1. The van der Waals surface area contributed by atoms with E-state index in [2.05, 4.69) is 48.5 Å². The minimum Gasteiger partial charge on any atom is -0.294 e. The average Bonchev–Trinajstić information content (AvgIpc) is 2.68. The zero-order valence-corrected chi connectivity index (χ0v) is 14.6. The average molecular weight is 328 g/mol. The van der Waals surface area contributed by atoms with Crippen molar-refractivity contribution >= 4 is 16.6 Å². The first kappa shape index (κ1) is 16.1. The molecule has 0 radical (unpaired) electrons. The number of rotatable bonds is 4. The molecule has 0 atom stereocenters. The summed E-state index contributed by atoms with van der Waals surface area (Å²) in [6.45, 7) is 0. The van der Waals surface area contributed by atoms with Gasteiger partial charge in [-0.2, -0.15) is 0 Å². The second-order valence-corrected chi connectivity index (χ2v) is 7.21. The second-order valence-electron chi connectivity index (χ2n) is 7.21. The van der Waals surface area contributed by atoms with Crippen molar-refractivity contribution in [2.75, 3.05) is 0 Å². The Balaban J connectivity index is 1.62. The van der Waals surface area contributed by atoms with E-state index in [-0.39, 0.29) is 5.92 Å². The zero-order valence-electron chi connectivity index (χ0n) is 14.6. The van der Waals surface area contributed by atoms with Crippen molar-refractivity contribution in [3.8, 4) is 0 Å². The van der Waals surface area contributed by atoms with Crippen molar-refractivity contribution in [1.29, 1.82) is 0 Å². The molecular formula is C24H24O. The maximum atomic E-state index is 13.0. The van der Waals surface area contributed by atoms with E-state index in [9.17, 15) is 4.79 Å². The number of hydrogen-bond donors (Lipinski definition) is 0. The lowest BCUT2D eigenvalue weighted by Gasteiger charge is -2.21. The van der Waals surface area contributed by atoms with Crippen LogP contribution < -0.4 is 0 Å². The van der Waals surface area contributed by atoms with Gasteiger partial charge in [-0.15, -0.1) is 0 Å². The van der Waals surface area contributed by atoms with Crippen LogP contribution in [0.5, 0.6) is 0 Å². The lowest BCUT2D eigenvalue weighted by Crippen LogP contribution is -2.19. The molecule has 0 aromatic heterocycles. The van der Waals surface area contributed by atoms with Gasteiger partial charge in [0, 0.05) is 11.5 Å². The third-order valence-corrected chi connectivity index (χ3v) is 5.47. The number of carbonyl (C=O) groups is 1. The molecular weight excluding hydrogens is 304 g/mol. The Kier molecular flexibility index (Phi) is 4.65. The summed E-state index contributed by atoms with van der Waals surface area (Å²) < 4.78 is 0. The van der Waals surface area contributed by atoms with E-state index in [0.717, 1.165) is 30.4 Å². The Morgan fingerprint density at radius 2 is 1.52 bits per heavy atom. The molecule has 0 amide bonds. The van der Waals surface area contributed by atoms with Gasteiger partial charge in [-0.25, -0.2) is 0 Å². The normalized spacial score (nSPS) is 15.4. The highest BCUT2D eigenvalue weighted by atomic mass is 16.1. The van der Waals surface area contributed by atoms with Crippen molar-refractivity contribution < 1.29 is 4.79 Å². The summed E-state index contributed by atoms with van der Waals surface area (Å²) in [6, 6.07) is 23.2. The summed E-state index contributed by atoms with van der Waals surface area (Å²) in [4.78, 5) is 13.0. The third kappa shape index (κ3) is 3.51. The number of Topliss-reactive ketones (excluding diaryl/α,β-unsaturated/α-hetero) is 1. The van der Waals surface area contributed by atoms with Gasteiger partial charge in [0.1, 0.15) is 0 Å². The number of carbonyl (C=O) groups excluding carboxylic acids is 1. The van der Waals surface area contributed by atoms with E-state index in [4.69, 9.17) is 0 Å². The first-order valence-corrected chi connectivity index (χ1v) is 9.41. The van der Waals surface area contributed by atoms with Gasteiger partial charge in [0.25, 0.3) is 0 Å². The van der Waals surface area contributed by atoms with Crippen LogP contribution in [0.15, 0.2) is 66.7 Å². The molecule has 0 bridgehead atoms. The summed E-state index contributed by atoms with van der Waals surface area (Å²) >= 11 is 0. The van der Waals surface area contributed by atoms with Crippen LogP contribution in [0.2, 0.25) is 0 Å². The molecule has 0 aliphatic heterocycles. The van der Waals surface area contributed by atoms with Crippen LogP contribution in [-0.4, -0.2) is 5.78 Å². The maximum absolute atomic E-state index is 13.0. The fraction of sp³-hybridized carbons (Fsp3) is 0.292. The molecule has 0 spiro atoms. The van der Waals surface area contributed by atoms with Crippen molar-refractivity contribution in [1.82, 2.24) is 0 Å². The Hall–Kier alpha value is -2.41. The summed E-state index contributed by atoms with van der Waals surface area (Å²) in [7, 11) is 0. The molecule has 1 aliphatic rings. The van der Waals surface area contributed by atoms with Gasteiger partial charge in [0.2, 0.25) is 0 Å². The van der Waals surface area contributed by atoms with Crippen LogP contribution in [-0.2, 0) is 6.42 Å². The summed E-state index contributed by atoms with van der Waals surface area (Å²) in [5, 5.41) is 2.52. The highest BCUT2D eigenvalue weighted by Gasteiger charge is 2.23. The van der Waals surface area contributed by atoms with E-state index in [1.807, 2.05) is 18.2 Å². The molecule has 0 unspecified atom stereocenters. The zero-order chi connectivity index (χ0) is 17.1. The van der Waals surface area contributed by atoms with Gasteiger partial charge in [0.15, 0.2) is 5.78 Å². The molecule has 3 aromatic carbocycles. The first-order chi connectivity index (χ1) is 12.3. The van der Waals surface area contributed by atoms with Gasteiger partial charge >= 0.3 is 0 Å². The predicted octanol–water partition coefficient (Wildman–Crippen LogP) is 6.19. The fourth-order valence-corrected chi connectivity index (χ4v) is 4.07. The summed E-state index contributed by atoms with van der Waals surface area (Å²) in [6.07, 6.45) is 6.61. The molecule has 126 valence electrons. The SMILES string of the molecule is O=C(c1ccccc1Cc1ccc2ccccc2c1)C1CCCCC1. The van der Waals surface area contributed by atoms with E-state index in [0.29, 0.717) is 5.78 Å². The van der Waals surface area contributed by atoms with Gasteiger partial charge in [0.05, 0.1) is 0 Å². The fourth-order valence-electron chi connectivity index (χ4n) is 4.07. The van der Waals surface area contributed by atoms with Crippen LogP contribution in [0.4, 0.5) is 0 Å². The number of benzene rings is 3. The summed E-state index contributed by atoms with van der Waals surface area (Å²) in [5.41, 5.74) is 3.36. The summed E-state index contributed by atoms with van der Waals surface area (Å²) in [5.74, 6) is 0.586. The Morgan fingerprint density at radius 3 is 2.36 bits per heavy atom. The van der Waals surface area contributed by atoms with Crippen LogP contribution in [0.3, 0.4) is 0 Å². The minimum absolute atomic E-state index is 0.228. The van der Waals surface area contributed by atoms with Crippen LogP contribution in [0.1, 0.15) is 53.6 Å². The van der Waals surface area contributed by atoms with Crippen molar-refractivity contribution in [3.05, 3.63) is 83.4 Å². The van der Waals surface area contributed by atoms with Gasteiger partial charge in [-0.3, -0.25) is 4.79 Å². The van der Waals surface area contributed by atoms with Gasteiger partial charge < -0.3 is 0 Å². The smallest absolute Gasteiger partial charge is 0.166 e. The highest BCUT2D eigenvalue weighted by Crippen LogP contribution is 2.29. The Labute approximate surface area is 149 Å². The van der Waals surface area contributed by atoms with E-state index < -0.39 is 0 Å². The maximum Gasteiger partial charge on any atom is 0.166 e. The van der Waals surface area contributed by atoms with Crippen molar-refractivity contribution in [2.24, 2.45) is 5.92 Å². The monoisotopic (exact) mass is 328 g/mol. The molecule has 1 nitrogen and oxygen atoms in total. The van der Waals surface area contributed by atoms with Crippen LogP contribution in [0.25, 0.3) is 10.8 Å². The van der Waals surface area contributed by atoms with Gasteiger partial charge in [-0.05, 0) is 41.2 Å². The standard InChI is InChI=1S/C24H24O/c25-24(20-9-2-1-3-10-20)23-13-7-6-12-22(23)17-18-14-15-19-8-4-5-11-21(19)16-18/h4-8,11-16,20H,1-3,9-10,17H2. The molecule has 1 aliphatic carbocycles. The molecule has 0 saturated heterocycles. The molecule has 25 heavy (non-hydrogen) atoms.